The van der Waals surface area contributed by atoms with Crippen LogP contribution in [0.4, 0.5) is 17.6 Å². The molecule has 0 aromatic carbocycles. The molecule has 1 aliphatic rings. The van der Waals surface area contributed by atoms with Crippen LogP contribution in [-0.4, -0.2) is 5.38 Å². The van der Waals surface area contributed by atoms with E-state index in [-0.39, 0.29) is 0 Å². The summed E-state index contributed by atoms with van der Waals surface area (Å²) in [6, 6.07) is 0. The van der Waals surface area contributed by atoms with Crippen molar-refractivity contribution in [3.05, 3.63) is 23.3 Å². The first-order valence-electron chi connectivity index (χ1n) is 2.76. The van der Waals surface area contributed by atoms with Gasteiger partial charge in [0, 0.05) is 0 Å². The minimum Gasteiger partial charge on any atom is -0.208 e. The lowest BCUT2D eigenvalue weighted by Gasteiger charge is -2.12. The molecular weight excluding hydrogens is 184 g/mol. The molecule has 5 heteroatoms. The number of hydrogen-bond acceptors (Lipinski definition) is 0. The van der Waals surface area contributed by atoms with E-state index in [0.29, 0.717) is 0 Å². The number of halogens is 5. The van der Waals surface area contributed by atoms with E-state index in [1.165, 1.54) is 0 Å². The smallest absolute Gasteiger partial charge is 0.156 e. The molecule has 1 rings (SSSR count). The Morgan fingerprint density at radius 2 is 1.36 bits per heavy atom. The molecule has 0 bridgehead atoms. The first-order valence-corrected chi connectivity index (χ1v) is 3.20. The summed E-state index contributed by atoms with van der Waals surface area (Å²) in [5.41, 5.74) is 0. The third-order valence-electron chi connectivity index (χ3n) is 1.27. The highest BCUT2D eigenvalue weighted by atomic mass is 35.5. The summed E-state index contributed by atoms with van der Waals surface area (Å²) >= 11 is 4.96. The Balaban J connectivity index is 2.98. The monoisotopic (exact) mass is 186 g/mol. The van der Waals surface area contributed by atoms with Gasteiger partial charge in [0.05, 0.1) is 6.42 Å². The van der Waals surface area contributed by atoms with Crippen molar-refractivity contribution >= 4 is 11.6 Å². The molecule has 0 aromatic heterocycles. The summed E-state index contributed by atoms with van der Waals surface area (Å²) in [5.74, 6) is -5.57. The van der Waals surface area contributed by atoms with Crippen molar-refractivity contribution in [1.82, 2.24) is 0 Å². The van der Waals surface area contributed by atoms with Crippen molar-refractivity contribution in [3.63, 3.8) is 0 Å². The molecule has 0 amide bonds. The second-order valence-corrected chi connectivity index (χ2v) is 2.48. The summed E-state index contributed by atoms with van der Waals surface area (Å²) in [4.78, 5) is 0. The van der Waals surface area contributed by atoms with Crippen LogP contribution in [0, 0.1) is 0 Å². The minimum atomic E-state index is -1.93. The summed E-state index contributed by atoms with van der Waals surface area (Å²) < 4.78 is 49.1. The summed E-state index contributed by atoms with van der Waals surface area (Å²) in [6.07, 6.45) is -0.971. The van der Waals surface area contributed by atoms with Gasteiger partial charge in [0.25, 0.3) is 0 Å². The van der Waals surface area contributed by atoms with Crippen molar-refractivity contribution in [2.45, 2.75) is 11.8 Å². The van der Waals surface area contributed by atoms with E-state index >= 15 is 0 Å². The van der Waals surface area contributed by atoms with E-state index in [9.17, 15) is 17.6 Å². The van der Waals surface area contributed by atoms with Gasteiger partial charge in [-0.15, -0.1) is 11.6 Å². The van der Waals surface area contributed by atoms with Gasteiger partial charge in [0.15, 0.2) is 11.7 Å². The summed E-state index contributed by atoms with van der Waals surface area (Å²) in [7, 11) is 0. The molecule has 0 spiro atoms. The maximum atomic E-state index is 12.3. The van der Waals surface area contributed by atoms with Crippen molar-refractivity contribution < 1.29 is 17.6 Å². The SMILES string of the molecule is FC1=C(F)C(Cl)C(F)=C(F)C1. The van der Waals surface area contributed by atoms with Crippen LogP contribution in [0.15, 0.2) is 23.3 Å². The molecule has 0 N–H and O–H groups in total. The summed E-state index contributed by atoms with van der Waals surface area (Å²) in [5, 5.41) is -1.93. The van der Waals surface area contributed by atoms with Crippen LogP contribution in [0.2, 0.25) is 0 Å². The average molecular weight is 187 g/mol. The van der Waals surface area contributed by atoms with Crippen molar-refractivity contribution in [2.24, 2.45) is 0 Å². The highest BCUT2D eigenvalue weighted by molar-refractivity contribution is 6.24. The molecule has 0 saturated carbocycles. The largest absolute Gasteiger partial charge is 0.208 e. The highest BCUT2D eigenvalue weighted by Crippen LogP contribution is 2.36. The zero-order chi connectivity index (χ0) is 8.59. The normalized spacial score (nSPS) is 21.5. The van der Waals surface area contributed by atoms with E-state index in [1.54, 1.807) is 0 Å². The Labute approximate surface area is 65.1 Å². The number of alkyl halides is 1. The van der Waals surface area contributed by atoms with E-state index in [0.717, 1.165) is 0 Å². The first kappa shape index (κ1) is 8.59. The molecule has 0 unspecified atom stereocenters. The molecule has 0 aromatic rings. The van der Waals surface area contributed by atoms with E-state index in [2.05, 4.69) is 0 Å². The third-order valence-corrected chi connectivity index (χ3v) is 1.66. The van der Waals surface area contributed by atoms with E-state index < -0.39 is 35.1 Å². The van der Waals surface area contributed by atoms with Crippen LogP contribution in [-0.2, 0) is 0 Å². The van der Waals surface area contributed by atoms with Gasteiger partial charge >= 0.3 is 0 Å². The van der Waals surface area contributed by atoms with Crippen molar-refractivity contribution in [1.29, 1.82) is 0 Å². The fourth-order valence-electron chi connectivity index (χ4n) is 0.691. The van der Waals surface area contributed by atoms with Gasteiger partial charge in [-0.1, -0.05) is 0 Å². The lowest BCUT2D eigenvalue weighted by Crippen LogP contribution is -2.09. The van der Waals surface area contributed by atoms with Crippen LogP contribution in [0.5, 0.6) is 0 Å². The third kappa shape index (κ3) is 1.40. The molecule has 0 radical (unpaired) electrons. The fraction of sp³-hybridized carbons (Fsp3) is 0.333. The fourth-order valence-corrected chi connectivity index (χ4v) is 0.928. The van der Waals surface area contributed by atoms with Crippen LogP contribution in [0.25, 0.3) is 0 Å². The van der Waals surface area contributed by atoms with Gasteiger partial charge in [-0.3, -0.25) is 0 Å². The molecule has 0 heterocycles. The molecule has 0 fully saturated rings. The molecule has 0 aliphatic heterocycles. The predicted octanol–water partition coefficient (Wildman–Crippen LogP) is 3.30. The molecule has 0 saturated heterocycles. The quantitative estimate of drug-likeness (QED) is 0.402. The van der Waals surface area contributed by atoms with Gasteiger partial charge in [0.1, 0.15) is 17.0 Å². The number of hydrogen-bond donors (Lipinski definition) is 0. The molecule has 0 nitrogen and oxygen atoms in total. The molecule has 1 aliphatic carbocycles. The Kier molecular flexibility index (Phi) is 2.23. The maximum Gasteiger partial charge on any atom is 0.156 e. The summed E-state index contributed by atoms with van der Waals surface area (Å²) in [6.45, 7) is 0. The van der Waals surface area contributed by atoms with Crippen molar-refractivity contribution in [3.8, 4) is 0 Å². The highest BCUT2D eigenvalue weighted by Gasteiger charge is 2.30. The Hall–Kier alpha value is -0.510. The zero-order valence-electron chi connectivity index (χ0n) is 5.17. The van der Waals surface area contributed by atoms with Gasteiger partial charge in [0.2, 0.25) is 0 Å². The Morgan fingerprint density at radius 1 is 1.00 bits per heavy atom. The predicted molar refractivity (Wildman–Crippen MR) is 32.7 cm³/mol. The number of allylic oxidation sites excluding steroid dienone is 4. The molecular formula is C6H3ClF4. The molecule has 11 heavy (non-hydrogen) atoms. The van der Waals surface area contributed by atoms with Gasteiger partial charge in [-0.2, -0.15) is 0 Å². The van der Waals surface area contributed by atoms with Gasteiger partial charge < -0.3 is 0 Å². The maximum absolute atomic E-state index is 12.3. The lowest BCUT2D eigenvalue weighted by molar-refractivity contribution is 0.416. The van der Waals surface area contributed by atoms with Crippen LogP contribution in [0.3, 0.4) is 0 Å². The number of rotatable bonds is 0. The molecule has 0 atom stereocenters. The van der Waals surface area contributed by atoms with Crippen LogP contribution in [0.1, 0.15) is 6.42 Å². The average Bonchev–Trinajstić information content (AvgIpc) is 1.97. The van der Waals surface area contributed by atoms with Crippen molar-refractivity contribution in [2.75, 3.05) is 0 Å². The van der Waals surface area contributed by atoms with Gasteiger partial charge in [-0.05, 0) is 0 Å². The van der Waals surface area contributed by atoms with E-state index in [1.807, 2.05) is 0 Å². The second kappa shape index (κ2) is 2.85. The second-order valence-electron chi connectivity index (χ2n) is 2.05. The first-order chi connectivity index (χ1) is 5.04. The lowest BCUT2D eigenvalue weighted by atomic mass is 10.1. The Bertz CT molecular complexity index is 219. The topological polar surface area (TPSA) is 0 Å². The van der Waals surface area contributed by atoms with Crippen LogP contribution < -0.4 is 0 Å². The van der Waals surface area contributed by atoms with Crippen LogP contribution >= 0.6 is 11.6 Å². The minimum absolute atomic E-state index is 0.971. The molecule has 62 valence electrons. The van der Waals surface area contributed by atoms with Gasteiger partial charge in [-0.25, -0.2) is 17.6 Å². The zero-order valence-corrected chi connectivity index (χ0v) is 5.93. The standard InChI is InChI=1S/C6H3ClF4/c7-4-5(10)2(8)1-3(9)6(4)11/h4H,1H2. The van der Waals surface area contributed by atoms with E-state index in [4.69, 9.17) is 11.6 Å². The Morgan fingerprint density at radius 3 is 1.73 bits per heavy atom.